The first-order chi connectivity index (χ1) is 29.0. The second-order valence-electron chi connectivity index (χ2n) is 16.9. The van der Waals surface area contributed by atoms with Gasteiger partial charge >= 0.3 is 5.97 Å². The zero-order chi connectivity index (χ0) is 43.1. The Hall–Kier alpha value is -2.44. The van der Waals surface area contributed by atoms with Crippen molar-refractivity contribution < 1.29 is 24.5 Å². The Morgan fingerprint density at radius 2 is 0.949 bits per heavy atom. The van der Waals surface area contributed by atoms with Gasteiger partial charge in [-0.15, -0.1) is 0 Å². The van der Waals surface area contributed by atoms with Crippen molar-refractivity contribution in [3.05, 3.63) is 60.8 Å². The number of carbonyl (C=O) groups is 2. The van der Waals surface area contributed by atoms with E-state index in [1.807, 2.05) is 36.5 Å². The monoisotopic (exact) mass is 826 g/mol. The number of unbranched alkanes of at least 4 members (excludes halogenated alkanes) is 25. The minimum absolute atomic E-state index is 0.0249. The lowest BCUT2D eigenvalue weighted by Crippen LogP contribution is -2.46. The minimum Gasteiger partial charge on any atom is -0.462 e. The smallest absolute Gasteiger partial charge is 0.306 e. The topological polar surface area (TPSA) is 95.9 Å². The van der Waals surface area contributed by atoms with Crippen LogP contribution in [-0.2, 0) is 14.3 Å². The van der Waals surface area contributed by atoms with Crippen molar-refractivity contribution in [2.75, 3.05) is 6.61 Å². The molecule has 0 saturated heterocycles. The van der Waals surface area contributed by atoms with E-state index in [4.69, 9.17) is 4.74 Å². The number of nitrogens with one attached hydrogen (secondary N) is 1. The summed E-state index contributed by atoms with van der Waals surface area (Å²) in [5.41, 5.74) is 0. The van der Waals surface area contributed by atoms with Gasteiger partial charge < -0.3 is 20.3 Å². The summed E-state index contributed by atoms with van der Waals surface area (Å²) in [6.45, 7) is 6.31. The molecule has 6 nitrogen and oxygen atoms in total. The number of hydrogen-bond acceptors (Lipinski definition) is 5. The number of hydrogen-bond donors (Lipinski definition) is 3. The summed E-state index contributed by atoms with van der Waals surface area (Å²) in [5.74, 6) is -0.561. The largest absolute Gasteiger partial charge is 0.462 e. The summed E-state index contributed by atoms with van der Waals surface area (Å²) in [6.07, 6.45) is 57.2. The Balaban J connectivity index is 4.60. The molecule has 0 aromatic heterocycles. The highest BCUT2D eigenvalue weighted by atomic mass is 16.5. The molecule has 0 radical (unpaired) electrons. The molecule has 6 heteroatoms. The molecule has 59 heavy (non-hydrogen) atoms. The van der Waals surface area contributed by atoms with Crippen LogP contribution in [0, 0.1) is 0 Å². The zero-order valence-corrected chi connectivity index (χ0v) is 38.9. The molecule has 0 saturated carbocycles. The Labute approximate surface area is 365 Å². The van der Waals surface area contributed by atoms with Crippen molar-refractivity contribution >= 4 is 11.9 Å². The summed E-state index contributed by atoms with van der Waals surface area (Å²) < 4.78 is 5.87. The Morgan fingerprint density at radius 3 is 1.46 bits per heavy atom. The molecule has 342 valence electrons. The van der Waals surface area contributed by atoms with Gasteiger partial charge in [0.2, 0.25) is 5.91 Å². The molecule has 1 amide bonds. The number of esters is 1. The van der Waals surface area contributed by atoms with Gasteiger partial charge in [-0.1, -0.05) is 223 Å². The van der Waals surface area contributed by atoms with Crippen LogP contribution in [0.1, 0.15) is 239 Å². The van der Waals surface area contributed by atoms with Crippen molar-refractivity contribution in [3.8, 4) is 0 Å². The molecule has 0 aliphatic heterocycles. The van der Waals surface area contributed by atoms with Crippen molar-refractivity contribution in [3.63, 3.8) is 0 Å². The van der Waals surface area contributed by atoms with Crippen molar-refractivity contribution in [1.29, 1.82) is 0 Å². The van der Waals surface area contributed by atoms with E-state index in [0.717, 1.165) is 70.6 Å². The van der Waals surface area contributed by atoms with Gasteiger partial charge in [0.15, 0.2) is 0 Å². The Bertz CT molecular complexity index is 1060. The van der Waals surface area contributed by atoms with Crippen LogP contribution in [0.15, 0.2) is 60.8 Å². The van der Waals surface area contributed by atoms with Crippen molar-refractivity contribution in [1.82, 2.24) is 5.32 Å². The molecule has 0 aliphatic carbocycles. The third kappa shape index (κ3) is 42.1. The highest BCUT2D eigenvalue weighted by molar-refractivity contribution is 5.77. The molecule has 0 aromatic rings. The number of aliphatic hydroxyl groups excluding tert-OH is 2. The summed E-state index contributed by atoms with van der Waals surface area (Å²) >= 11 is 0. The number of allylic oxidation sites excluding steroid dienone is 10. The van der Waals surface area contributed by atoms with E-state index < -0.39 is 18.2 Å². The molecule has 0 aromatic carbocycles. The number of aliphatic hydroxyl groups is 2. The van der Waals surface area contributed by atoms with Crippen LogP contribution in [-0.4, -0.2) is 46.9 Å². The van der Waals surface area contributed by atoms with E-state index >= 15 is 0 Å². The molecule has 3 unspecified atom stereocenters. The van der Waals surface area contributed by atoms with E-state index in [9.17, 15) is 19.8 Å². The lowest BCUT2D eigenvalue weighted by atomic mass is 10.0. The van der Waals surface area contributed by atoms with Gasteiger partial charge in [0.1, 0.15) is 6.10 Å². The highest BCUT2D eigenvalue weighted by Gasteiger charge is 2.24. The van der Waals surface area contributed by atoms with Gasteiger partial charge in [-0.2, -0.15) is 0 Å². The molecular weight excluding hydrogens is 731 g/mol. The second-order valence-corrected chi connectivity index (χ2v) is 16.9. The van der Waals surface area contributed by atoms with E-state index in [2.05, 4.69) is 50.4 Å². The van der Waals surface area contributed by atoms with Crippen LogP contribution in [0.25, 0.3) is 0 Å². The number of rotatable bonds is 44. The fourth-order valence-corrected chi connectivity index (χ4v) is 7.38. The molecule has 3 atom stereocenters. The normalized spacial score (nSPS) is 13.8. The average molecular weight is 826 g/mol. The molecule has 0 heterocycles. The third-order valence-corrected chi connectivity index (χ3v) is 11.2. The van der Waals surface area contributed by atoms with Gasteiger partial charge in [0.25, 0.3) is 0 Å². The van der Waals surface area contributed by atoms with Crippen molar-refractivity contribution in [2.24, 2.45) is 0 Å². The third-order valence-electron chi connectivity index (χ3n) is 11.2. The van der Waals surface area contributed by atoms with Crippen molar-refractivity contribution in [2.45, 2.75) is 257 Å². The van der Waals surface area contributed by atoms with Gasteiger partial charge in [-0.05, 0) is 64.2 Å². The van der Waals surface area contributed by atoms with Gasteiger partial charge in [0.05, 0.1) is 25.2 Å². The summed E-state index contributed by atoms with van der Waals surface area (Å²) in [7, 11) is 0. The van der Waals surface area contributed by atoms with Crippen LogP contribution < -0.4 is 5.32 Å². The number of carbonyl (C=O) groups excluding carboxylic acids is 2. The highest BCUT2D eigenvalue weighted by Crippen LogP contribution is 2.17. The predicted molar refractivity (Wildman–Crippen MR) is 255 cm³/mol. The van der Waals surface area contributed by atoms with Gasteiger partial charge in [0, 0.05) is 6.42 Å². The van der Waals surface area contributed by atoms with Crippen LogP contribution >= 0.6 is 0 Å². The van der Waals surface area contributed by atoms with Crippen LogP contribution in [0.3, 0.4) is 0 Å². The predicted octanol–water partition coefficient (Wildman–Crippen LogP) is 14.8. The molecule has 0 bridgehead atoms. The molecular formula is C53H95NO5. The van der Waals surface area contributed by atoms with Gasteiger partial charge in [-0.25, -0.2) is 0 Å². The Kier molecular flexibility index (Phi) is 44.7. The fraction of sp³-hybridized carbons (Fsp3) is 0.774. The molecule has 0 fully saturated rings. The van der Waals surface area contributed by atoms with Crippen LogP contribution in [0.2, 0.25) is 0 Å². The SMILES string of the molecule is CC/C=C/C=C/C=C\C=C/CCCC(CC(=O)NC(CO)C(O)CCCCCCCCCCCCCCCCC)OC(=O)CCCCC/C=C\CCCCCCCCC. The first-order valence-corrected chi connectivity index (χ1v) is 25.1. The van der Waals surface area contributed by atoms with Gasteiger partial charge in [-0.3, -0.25) is 9.59 Å². The summed E-state index contributed by atoms with van der Waals surface area (Å²) in [6, 6.07) is -0.726. The van der Waals surface area contributed by atoms with Crippen LogP contribution in [0.5, 0.6) is 0 Å². The first-order valence-electron chi connectivity index (χ1n) is 25.1. The molecule has 0 spiro atoms. The Morgan fingerprint density at radius 1 is 0.508 bits per heavy atom. The number of amides is 1. The molecule has 0 rings (SSSR count). The average Bonchev–Trinajstić information content (AvgIpc) is 3.23. The zero-order valence-electron chi connectivity index (χ0n) is 38.9. The molecule has 3 N–H and O–H groups in total. The standard InChI is InChI=1S/C53H95NO5/c1-4-7-10-13-16-19-22-24-26-27-30-33-36-39-42-45-51(56)50(48-55)54-52(57)47-49(44-41-38-35-32-29-21-18-15-12-9-6-3)59-53(58)46-43-40-37-34-31-28-25-23-20-17-14-11-8-5-2/h9,12,15,18,21,28-29,31-32,35,49-51,55-56H,4-8,10-11,13-14,16-17,19-20,22-27,30,33-34,36-48H2,1-3H3,(H,54,57)/b12-9+,18-15+,29-21-,31-28-,35-32-. The fourth-order valence-electron chi connectivity index (χ4n) is 7.38. The number of ether oxygens (including phenoxy) is 1. The summed E-state index contributed by atoms with van der Waals surface area (Å²) in [5, 5.41) is 23.7. The van der Waals surface area contributed by atoms with E-state index in [0.29, 0.717) is 19.3 Å². The maximum absolute atomic E-state index is 13.2. The lowest BCUT2D eigenvalue weighted by Gasteiger charge is -2.24. The molecule has 0 aliphatic rings. The van der Waals surface area contributed by atoms with Crippen LogP contribution in [0.4, 0.5) is 0 Å². The maximum atomic E-state index is 13.2. The maximum Gasteiger partial charge on any atom is 0.306 e. The quantitative estimate of drug-likeness (QED) is 0.0246. The van der Waals surface area contributed by atoms with E-state index in [1.165, 1.54) is 122 Å². The van der Waals surface area contributed by atoms with E-state index in [-0.39, 0.29) is 24.9 Å². The summed E-state index contributed by atoms with van der Waals surface area (Å²) in [4.78, 5) is 26.0. The van der Waals surface area contributed by atoms with E-state index in [1.54, 1.807) is 0 Å². The second kappa shape index (κ2) is 46.6. The minimum atomic E-state index is -0.808. The lowest BCUT2D eigenvalue weighted by molar-refractivity contribution is -0.151. The first kappa shape index (κ1) is 56.6.